The molecular formula is C19H23BrN2O4S. The van der Waals surface area contributed by atoms with Crippen LogP contribution in [0, 0.1) is 0 Å². The molecule has 0 saturated heterocycles. The first-order valence-corrected chi connectivity index (χ1v) is 11.2. The van der Waals surface area contributed by atoms with E-state index < -0.39 is 10.0 Å². The fraction of sp³-hybridized carbons (Fsp3) is 0.316. The van der Waals surface area contributed by atoms with Gasteiger partial charge < -0.3 is 10.1 Å². The largest absolute Gasteiger partial charge is 0.492 e. The second-order valence-electron chi connectivity index (χ2n) is 5.90. The fourth-order valence-electron chi connectivity index (χ4n) is 2.47. The lowest BCUT2D eigenvalue weighted by atomic mass is 10.2. The molecule has 0 aromatic heterocycles. The fourth-order valence-corrected chi connectivity index (χ4v) is 4.06. The maximum absolute atomic E-state index is 12.1. The predicted octanol–water partition coefficient (Wildman–Crippen LogP) is 3.19. The number of benzene rings is 2. The monoisotopic (exact) mass is 454 g/mol. The van der Waals surface area contributed by atoms with Crippen LogP contribution in [0.25, 0.3) is 0 Å². The molecule has 8 heteroatoms. The number of hydrogen-bond acceptors (Lipinski definition) is 4. The standard InChI is InChI=1S/C19H23BrN2O4S/c1-27(24,25)22(18-11-6-5-10-17(18)20)14-7-12-19(23)21-13-15-26-16-8-3-2-4-9-16/h2-6,8-11H,7,12-15H2,1H3,(H,21,23). The normalized spacial score (nSPS) is 11.0. The number of halogens is 1. The molecule has 0 aliphatic carbocycles. The summed E-state index contributed by atoms with van der Waals surface area (Å²) < 4.78 is 31.7. The molecule has 2 aromatic carbocycles. The molecule has 0 spiro atoms. The molecule has 146 valence electrons. The lowest BCUT2D eigenvalue weighted by molar-refractivity contribution is -0.121. The van der Waals surface area contributed by atoms with E-state index in [0.29, 0.717) is 29.7 Å². The molecule has 2 rings (SSSR count). The van der Waals surface area contributed by atoms with Crippen LogP contribution >= 0.6 is 15.9 Å². The van der Waals surface area contributed by atoms with Crippen molar-refractivity contribution in [2.75, 3.05) is 30.3 Å². The molecule has 1 amide bonds. The third-order valence-corrected chi connectivity index (χ3v) is 5.57. The van der Waals surface area contributed by atoms with E-state index in [0.717, 1.165) is 12.0 Å². The van der Waals surface area contributed by atoms with E-state index in [2.05, 4.69) is 21.2 Å². The Morgan fingerprint density at radius 1 is 1.11 bits per heavy atom. The molecular weight excluding hydrogens is 432 g/mol. The van der Waals surface area contributed by atoms with Crippen LogP contribution in [0.15, 0.2) is 59.1 Å². The molecule has 0 bridgehead atoms. The Bertz CT molecular complexity index is 844. The number of amides is 1. The Labute approximate surface area is 168 Å². The van der Waals surface area contributed by atoms with Crippen molar-refractivity contribution < 1.29 is 17.9 Å². The van der Waals surface area contributed by atoms with Gasteiger partial charge in [-0.25, -0.2) is 8.42 Å². The van der Waals surface area contributed by atoms with Crippen molar-refractivity contribution in [2.45, 2.75) is 12.8 Å². The quantitative estimate of drug-likeness (QED) is 0.559. The molecule has 0 unspecified atom stereocenters. The van der Waals surface area contributed by atoms with E-state index in [-0.39, 0.29) is 18.9 Å². The Balaban J connectivity index is 1.76. The van der Waals surface area contributed by atoms with Crippen molar-refractivity contribution in [1.29, 1.82) is 0 Å². The highest BCUT2D eigenvalue weighted by atomic mass is 79.9. The highest BCUT2D eigenvalue weighted by Gasteiger charge is 2.19. The molecule has 0 saturated carbocycles. The maximum Gasteiger partial charge on any atom is 0.232 e. The molecule has 27 heavy (non-hydrogen) atoms. The van der Waals surface area contributed by atoms with Crippen molar-refractivity contribution in [3.63, 3.8) is 0 Å². The van der Waals surface area contributed by atoms with Crippen LogP contribution in [0.5, 0.6) is 5.75 Å². The molecule has 2 aromatic rings. The van der Waals surface area contributed by atoms with Gasteiger partial charge in [-0.15, -0.1) is 0 Å². The van der Waals surface area contributed by atoms with E-state index in [1.165, 1.54) is 4.31 Å². The van der Waals surface area contributed by atoms with Gasteiger partial charge in [-0.1, -0.05) is 30.3 Å². The predicted molar refractivity (Wildman–Crippen MR) is 111 cm³/mol. The molecule has 6 nitrogen and oxygen atoms in total. The smallest absolute Gasteiger partial charge is 0.232 e. The average Bonchev–Trinajstić information content (AvgIpc) is 2.63. The van der Waals surface area contributed by atoms with Gasteiger partial charge in [-0.05, 0) is 46.6 Å². The topological polar surface area (TPSA) is 75.7 Å². The van der Waals surface area contributed by atoms with E-state index in [1.54, 1.807) is 18.2 Å². The zero-order valence-corrected chi connectivity index (χ0v) is 17.5. The van der Waals surface area contributed by atoms with E-state index >= 15 is 0 Å². The summed E-state index contributed by atoms with van der Waals surface area (Å²) in [5.41, 5.74) is 0.566. The first kappa shape index (κ1) is 21.2. The number of carbonyl (C=O) groups is 1. The van der Waals surface area contributed by atoms with Gasteiger partial charge >= 0.3 is 0 Å². The van der Waals surface area contributed by atoms with Gasteiger partial charge in [0.15, 0.2) is 0 Å². The van der Waals surface area contributed by atoms with Crippen LogP contribution in [-0.4, -0.2) is 40.3 Å². The number of nitrogens with zero attached hydrogens (tertiary/aromatic N) is 1. The van der Waals surface area contributed by atoms with Crippen LogP contribution in [0.4, 0.5) is 5.69 Å². The van der Waals surface area contributed by atoms with Gasteiger partial charge in [-0.3, -0.25) is 9.10 Å². The first-order valence-electron chi connectivity index (χ1n) is 8.55. The number of rotatable bonds is 10. The minimum atomic E-state index is -3.44. The minimum Gasteiger partial charge on any atom is -0.492 e. The third-order valence-electron chi connectivity index (χ3n) is 3.72. The summed E-state index contributed by atoms with van der Waals surface area (Å²) in [7, 11) is -3.44. The van der Waals surface area contributed by atoms with Gasteiger partial charge in [0.05, 0.1) is 18.5 Å². The molecule has 1 N–H and O–H groups in total. The highest BCUT2D eigenvalue weighted by Crippen LogP contribution is 2.27. The minimum absolute atomic E-state index is 0.132. The second-order valence-corrected chi connectivity index (χ2v) is 8.66. The molecule has 0 radical (unpaired) electrons. The SMILES string of the molecule is CS(=O)(=O)N(CCCC(=O)NCCOc1ccccc1)c1ccccc1Br. The summed E-state index contributed by atoms with van der Waals surface area (Å²) in [4.78, 5) is 11.9. The summed E-state index contributed by atoms with van der Waals surface area (Å²) in [6, 6.07) is 16.5. The number of ether oxygens (including phenoxy) is 1. The van der Waals surface area contributed by atoms with Gasteiger partial charge in [0.2, 0.25) is 15.9 Å². The first-order chi connectivity index (χ1) is 12.9. The van der Waals surface area contributed by atoms with Crippen LogP contribution < -0.4 is 14.4 Å². The number of nitrogens with one attached hydrogen (secondary N) is 1. The summed E-state index contributed by atoms with van der Waals surface area (Å²) >= 11 is 3.37. The van der Waals surface area contributed by atoms with E-state index in [9.17, 15) is 13.2 Å². The third kappa shape index (κ3) is 7.22. The lowest BCUT2D eigenvalue weighted by Gasteiger charge is -2.23. The van der Waals surface area contributed by atoms with Gasteiger partial charge in [0.25, 0.3) is 0 Å². The van der Waals surface area contributed by atoms with Crippen molar-refractivity contribution in [3.8, 4) is 5.75 Å². The van der Waals surface area contributed by atoms with E-state index in [4.69, 9.17) is 4.74 Å². The van der Waals surface area contributed by atoms with Crippen LogP contribution in [0.3, 0.4) is 0 Å². The Hall–Kier alpha value is -2.06. The second kappa shape index (κ2) is 10.3. The van der Waals surface area contributed by atoms with Crippen LogP contribution in [0.1, 0.15) is 12.8 Å². The Morgan fingerprint density at radius 2 is 1.78 bits per heavy atom. The van der Waals surface area contributed by atoms with Crippen molar-refractivity contribution in [3.05, 3.63) is 59.1 Å². The average molecular weight is 455 g/mol. The number of carbonyl (C=O) groups excluding carboxylic acids is 1. The lowest BCUT2D eigenvalue weighted by Crippen LogP contribution is -2.33. The summed E-state index contributed by atoms with van der Waals surface area (Å²) in [5, 5.41) is 2.78. The van der Waals surface area contributed by atoms with Crippen molar-refractivity contribution in [2.24, 2.45) is 0 Å². The van der Waals surface area contributed by atoms with Gasteiger partial charge in [-0.2, -0.15) is 0 Å². The molecule has 0 fully saturated rings. The van der Waals surface area contributed by atoms with Crippen LogP contribution in [-0.2, 0) is 14.8 Å². The summed E-state index contributed by atoms with van der Waals surface area (Å²) in [6.07, 6.45) is 1.81. The highest BCUT2D eigenvalue weighted by molar-refractivity contribution is 9.10. The van der Waals surface area contributed by atoms with Gasteiger partial charge in [0.1, 0.15) is 12.4 Å². The molecule has 0 atom stereocenters. The molecule has 0 aliphatic heterocycles. The number of anilines is 1. The van der Waals surface area contributed by atoms with Crippen LogP contribution in [0.2, 0.25) is 0 Å². The van der Waals surface area contributed by atoms with Crippen molar-refractivity contribution in [1.82, 2.24) is 5.32 Å². The number of para-hydroxylation sites is 2. The maximum atomic E-state index is 12.1. The van der Waals surface area contributed by atoms with E-state index in [1.807, 2.05) is 36.4 Å². The summed E-state index contributed by atoms with van der Waals surface area (Å²) in [5.74, 6) is 0.622. The number of hydrogen-bond donors (Lipinski definition) is 1. The summed E-state index contributed by atoms with van der Waals surface area (Å²) in [6.45, 7) is 1.01. The number of sulfonamides is 1. The Morgan fingerprint density at radius 3 is 2.44 bits per heavy atom. The Kier molecular flexibility index (Phi) is 8.12. The van der Waals surface area contributed by atoms with Gasteiger partial charge in [0, 0.05) is 17.4 Å². The van der Waals surface area contributed by atoms with Crippen molar-refractivity contribution >= 4 is 37.5 Å². The zero-order chi connectivity index (χ0) is 19.7. The molecule has 0 heterocycles. The molecule has 0 aliphatic rings. The zero-order valence-electron chi connectivity index (χ0n) is 15.1.